The molecule has 0 amide bonds. The molecule has 4 heteroatoms. The zero-order valence-electron chi connectivity index (χ0n) is 8.56. The molecule has 2 atom stereocenters. The summed E-state index contributed by atoms with van der Waals surface area (Å²) in [5.74, 6) is -0.0750. The molecule has 0 unspecified atom stereocenters. The molecular formula is C10H14N2O2. The van der Waals surface area contributed by atoms with Crippen LogP contribution < -0.4 is 0 Å². The summed E-state index contributed by atoms with van der Waals surface area (Å²) >= 11 is 0. The molecular weight excluding hydrogens is 180 g/mol. The topological polar surface area (TPSA) is 55.1 Å². The molecule has 1 aromatic rings. The van der Waals surface area contributed by atoms with Crippen LogP contribution in [0.5, 0.6) is 0 Å². The Hall–Kier alpha value is -1.32. The van der Waals surface area contributed by atoms with E-state index in [1.54, 1.807) is 6.20 Å². The molecule has 0 spiro atoms. The SMILES string of the molecule is Cn1ccnc1[C@@H]1[C@@H](C(=O)O)C1(C)C. The Bertz CT molecular complexity index is 381. The van der Waals surface area contributed by atoms with Gasteiger partial charge in [-0.2, -0.15) is 0 Å². The van der Waals surface area contributed by atoms with Crippen molar-refractivity contribution in [3.63, 3.8) is 0 Å². The zero-order valence-corrected chi connectivity index (χ0v) is 8.56. The summed E-state index contributed by atoms with van der Waals surface area (Å²) in [5, 5.41) is 9.01. The van der Waals surface area contributed by atoms with E-state index in [-0.39, 0.29) is 17.3 Å². The second-order valence-corrected chi connectivity index (χ2v) is 4.51. The van der Waals surface area contributed by atoms with Crippen LogP contribution >= 0.6 is 0 Å². The number of nitrogens with zero attached hydrogens (tertiary/aromatic N) is 2. The number of rotatable bonds is 2. The molecule has 1 saturated carbocycles. The summed E-state index contributed by atoms with van der Waals surface area (Å²) in [5.41, 5.74) is -0.162. The van der Waals surface area contributed by atoms with E-state index >= 15 is 0 Å². The molecule has 1 N–H and O–H groups in total. The van der Waals surface area contributed by atoms with Gasteiger partial charge in [-0.25, -0.2) is 4.98 Å². The van der Waals surface area contributed by atoms with Gasteiger partial charge in [0.1, 0.15) is 5.82 Å². The second kappa shape index (κ2) is 2.59. The lowest BCUT2D eigenvalue weighted by Gasteiger charge is -2.01. The van der Waals surface area contributed by atoms with Crippen molar-refractivity contribution in [2.75, 3.05) is 0 Å². The van der Waals surface area contributed by atoms with E-state index < -0.39 is 5.97 Å². The van der Waals surface area contributed by atoms with E-state index in [1.807, 2.05) is 31.7 Å². The highest BCUT2D eigenvalue weighted by molar-refractivity contribution is 5.77. The first-order valence-electron chi connectivity index (χ1n) is 4.66. The van der Waals surface area contributed by atoms with E-state index in [0.717, 1.165) is 5.82 Å². The van der Waals surface area contributed by atoms with Crippen molar-refractivity contribution in [2.24, 2.45) is 18.4 Å². The average molecular weight is 194 g/mol. The number of hydrogen-bond donors (Lipinski definition) is 1. The Morgan fingerprint density at radius 1 is 1.64 bits per heavy atom. The van der Waals surface area contributed by atoms with E-state index in [1.165, 1.54) is 0 Å². The Morgan fingerprint density at radius 2 is 2.29 bits per heavy atom. The van der Waals surface area contributed by atoms with Crippen LogP contribution in [-0.4, -0.2) is 20.6 Å². The van der Waals surface area contributed by atoms with Crippen LogP contribution in [-0.2, 0) is 11.8 Å². The summed E-state index contributed by atoms with van der Waals surface area (Å²) in [4.78, 5) is 15.2. The number of aryl methyl sites for hydroxylation is 1. The van der Waals surface area contributed by atoms with Crippen LogP contribution in [0.2, 0.25) is 0 Å². The van der Waals surface area contributed by atoms with Gasteiger partial charge in [-0.3, -0.25) is 4.79 Å². The van der Waals surface area contributed by atoms with Gasteiger partial charge in [0.15, 0.2) is 0 Å². The number of aromatic nitrogens is 2. The molecule has 1 aliphatic carbocycles. The quantitative estimate of drug-likeness (QED) is 0.770. The molecule has 0 aliphatic heterocycles. The van der Waals surface area contributed by atoms with E-state index in [0.29, 0.717) is 0 Å². The molecule has 0 saturated heterocycles. The maximum atomic E-state index is 11.0. The highest BCUT2D eigenvalue weighted by Crippen LogP contribution is 2.63. The van der Waals surface area contributed by atoms with Gasteiger partial charge in [-0.1, -0.05) is 13.8 Å². The largest absolute Gasteiger partial charge is 0.481 e. The molecule has 14 heavy (non-hydrogen) atoms. The summed E-state index contributed by atoms with van der Waals surface area (Å²) in [6.07, 6.45) is 3.56. The minimum absolute atomic E-state index is 0.0556. The van der Waals surface area contributed by atoms with Crippen molar-refractivity contribution in [3.05, 3.63) is 18.2 Å². The lowest BCUT2D eigenvalue weighted by Crippen LogP contribution is -2.03. The summed E-state index contributed by atoms with van der Waals surface area (Å²) in [6.45, 7) is 3.95. The molecule has 1 aromatic heterocycles. The maximum absolute atomic E-state index is 11.0. The second-order valence-electron chi connectivity index (χ2n) is 4.51. The van der Waals surface area contributed by atoms with Crippen molar-refractivity contribution in [1.29, 1.82) is 0 Å². The number of hydrogen-bond acceptors (Lipinski definition) is 2. The van der Waals surface area contributed by atoms with Gasteiger partial charge in [0.25, 0.3) is 0 Å². The minimum atomic E-state index is -0.719. The third kappa shape index (κ3) is 1.06. The zero-order chi connectivity index (χ0) is 10.5. The van der Waals surface area contributed by atoms with Gasteiger partial charge in [0, 0.05) is 25.4 Å². The predicted octanol–water partition coefficient (Wildman–Crippen LogP) is 1.24. The fourth-order valence-corrected chi connectivity index (χ4v) is 2.26. The molecule has 4 nitrogen and oxygen atoms in total. The number of aliphatic carboxylic acids is 1. The first kappa shape index (κ1) is 9.24. The molecule has 1 aliphatic rings. The first-order valence-corrected chi connectivity index (χ1v) is 4.66. The summed E-state index contributed by atoms with van der Waals surface area (Å²) < 4.78 is 1.90. The van der Waals surface area contributed by atoms with Crippen molar-refractivity contribution >= 4 is 5.97 Å². The van der Waals surface area contributed by atoms with Gasteiger partial charge in [0.2, 0.25) is 0 Å². The maximum Gasteiger partial charge on any atom is 0.307 e. The van der Waals surface area contributed by atoms with Crippen LogP contribution in [0, 0.1) is 11.3 Å². The first-order chi connectivity index (χ1) is 6.46. The van der Waals surface area contributed by atoms with Crippen LogP contribution in [0.1, 0.15) is 25.6 Å². The standard InChI is InChI=1S/C10H14N2O2/c1-10(2)6(7(10)9(13)14)8-11-4-5-12(8)3/h4-7H,1-3H3,(H,13,14)/t6-,7-/m0/s1. The third-order valence-electron chi connectivity index (χ3n) is 3.23. The Morgan fingerprint density at radius 3 is 2.64 bits per heavy atom. The molecule has 1 fully saturated rings. The molecule has 0 bridgehead atoms. The number of carbonyl (C=O) groups is 1. The van der Waals surface area contributed by atoms with Crippen molar-refractivity contribution < 1.29 is 9.90 Å². The van der Waals surface area contributed by atoms with Crippen LogP contribution in [0.4, 0.5) is 0 Å². The predicted molar refractivity (Wildman–Crippen MR) is 50.9 cm³/mol. The monoisotopic (exact) mass is 194 g/mol. The lowest BCUT2D eigenvalue weighted by atomic mass is 10.1. The van der Waals surface area contributed by atoms with Gasteiger partial charge in [-0.05, 0) is 5.41 Å². The molecule has 76 valence electrons. The molecule has 0 aromatic carbocycles. The van der Waals surface area contributed by atoms with Gasteiger partial charge >= 0.3 is 5.97 Å². The van der Waals surface area contributed by atoms with Gasteiger partial charge in [-0.15, -0.1) is 0 Å². The number of carboxylic acids is 1. The van der Waals surface area contributed by atoms with Crippen molar-refractivity contribution in [3.8, 4) is 0 Å². The van der Waals surface area contributed by atoms with Crippen LogP contribution in [0.3, 0.4) is 0 Å². The van der Waals surface area contributed by atoms with E-state index in [2.05, 4.69) is 4.98 Å². The van der Waals surface area contributed by atoms with E-state index in [4.69, 9.17) is 5.11 Å². The van der Waals surface area contributed by atoms with Crippen LogP contribution in [0.15, 0.2) is 12.4 Å². The molecule has 0 radical (unpaired) electrons. The van der Waals surface area contributed by atoms with Gasteiger partial charge < -0.3 is 9.67 Å². The van der Waals surface area contributed by atoms with Crippen molar-refractivity contribution in [1.82, 2.24) is 9.55 Å². The Balaban J connectivity index is 2.32. The molecule has 1 heterocycles. The van der Waals surface area contributed by atoms with Crippen LogP contribution in [0.25, 0.3) is 0 Å². The Kier molecular flexibility index (Phi) is 1.71. The minimum Gasteiger partial charge on any atom is -0.481 e. The smallest absolute Gasteiger partial charge is 0.307 e. The summed E-state index contributed by atoms with van der Waals surface area (Å²) in [7, 11) is 1.90. The fraction of sp³-hybridized carbons (Fsp3) is 0.600. The van der Waals surface area contributed by atoms with Gasteiger partial charge in [0.05, 0.1) is 5.92 Å². The highest BCUT2D eigenvalue weighted by atomic mass is 16.4. The Labute approximate surface area is 82.6 Å². The number of imidazole rings is 1. The van der Waals surface area contributed by atoms with Crippen molar-refractivity contribution in [2.45, 2.75) is 19.8 Å². The molecule has 2 rings (SSSR count). The average Bonchev–Trinajstić information content (AvgIpc) is 2.42. The fourth-order valence-electron chi connectivity index (χ4n) is 2.26. The normalized spacial score (nSPS) is 28.8. The number of carboxylic acid groups (broad SMARTS) is 1. The lowest BCUT2D eigenvalue weighted by molar-refractivity contribution is -0.139. The third-order valence-corrected chi connectivity index (χ3v) is 3.23. The summed E-state index contributed by atoms with van der Waals surface area (Å²) in [6, 6.07) is 0. The van der Waals surface area contributed by atoms with E-state index in [9.17, 15) is 4.79 Å². The highest BCUT2D eigenvalue weighted by Gasteiger charge is 2.64.